The van der Waals surface area contributed by atoms with E-state index in [4.69, 9.17) is 4.74 Å². The molecule has 2 N–H and O–H groups in total. The molecule has 0 spiro atoms. The number of alkyl carbamates (subject to hydrolysis) is 1. The lowest BCUT2D eigenvalue weighted by Gasteiger charge is -2.46. The van der Waals surface area contributed by atoms with Crippen LogP contribution in [-0.2, 0) is 36.3 Å². The van der Waals surface area contributed by atoms with E-state index in [1.165, 1.54) is 16.2 Å². The summed E-state index contributed by atoms with van der Waals surface area (Å²) in [5.74, 6) is -0.305. The molecule has 3 unspecified atom stereocenters. The van der Waals surface area contributed by atoms with Crippen molar-refractivity contribution in [3.8, 4) is 0 Å². The van der Waals surface area contributed by atoms with Gasteiger partial charge in [-0.2, -0.15) is 0 Å². The molecule has 186 valence electrons. The van der Waals surface area contributed by atoms with E-state index in [1.54, 1.807) is 6.20 Å². The van der Waals surface area contributed by atoms with Gasteiger partial charge in [0.2, 0.25) is 5.91 Å². The van der Waals surface area contributed by atoms with Crippen LogP contribution in [0.2, 0.25) is 0 Å². The Morgan fingerprint density at radius 1 is 1.32 bits per heavy atom. The number of fused-ring (bicyclic) bond motifs is 1. The molecule has 3 heterocycles. The predicted molar refractivity (Wildman–Crippen MR) is 129 cm³/mol. The molecule has 1 aromatic rings. The normalized spacial score (nSPS) is 21.7. The molecule has 2 aliphatic rings. The van der Waals surface area contributed by atoms with Gasteiger partial charge in [-0.25, -0.2) is 4.79 Å². The van der Waals surface area contributed by atoms with E-state index in [9.17, 15) is 23.4 Å². The smallest absolute Gasteiger partial charge is 0.407 e. The molecule has 0 bridgehead atoms. The van der Waals surface area contributed by atoms with Crippen molar-refractivity contribution in [2.24, 2.45) is 5.41 Å². The van der Waals surface area contributed by atoms with Crippen LogP contribution in [0.15, 0.2) is 29.3 Å². The fourth-order valence-corrected chi connectivity index (χ4v) is 5.90. The minimum absolute atomic E-state index is 0.0920. The van der Waals surface area contributed by atoms with Crippen molar-refractivity contribution >= 4 is 45.8 Å². The third-order valence-electron chi connectivity index (χ3n) is 6.11. The summed E-state index contributed by atoms with van der Waals surface area (Å²) in [7, 11) is -1.43. The van der Waals surface area contributed by atoms with Gasteiger partial charge in [-0.15, -0.1) is 11.3 Å². The third kappa shape index (κ3) is 6.32. The van der Waals surface area contributed by atoms with Gasteiger partial charge in [-0.3, -0.25) is 23.5 Å². The highest BCUT2D eigenvalue weighted by molar-refractivity contribution is 7.86. The van der Waals surface area contributed by atoms with E-state index >= 15 is 0 Å². The van der Waals surface area contributed by atoms with Crippen LogP contribution in [0.3, 0.4) is 0 Å². The maximum absolute atomic E-state index is 12.7. The summed E-state index contributed by atoms with van der Waals surface area (Å²) in [6.45, 7) is 6.01. The summed E-state index contributed by atoms with van der Waals surface area (Å²) in [6.07, 6.45) is 2.76. The molecular formula is C23H31N3O6S2. The molecule has 9 nitrogen and oxygen atoms in total. The number of ketones is 1. The van der Waals surface area contributed by atoms with Crippen LogP contribution in [0, 0.1) is 5.41 Å². The molecule has 0 aromatic carbocycles. The van der Waals surface area contributed by atoms with Gasteiger partial charge < -0.3 is 15.4 Å². The number of carbonyl (C=O) groups excluding carboxylic acids is 4. The Balaban J connectivity index is 1.40. The molecular weight excluding hydrogens is 478 g/mol. The zero-order valence-corrected chi connectivity index (χ0v) is 21.3. The Morgan fingerprint density at radius 2 is 2.09 bits per heavy atom. The Labute approximate surface area is 205 Å². The third-order valence-corrected chi connectivity index (χ3v) is 8.68. The van der Waals surface area contributed by atoms with Crippen molar-refractivity contribution in [1.82, 2.24) is 15.5 Å². The molecule has 2 aliphatic heterocycles. The predicted octanol–water partition coefficient (Wildman–Crippen LogP) is 2.10. The average molecular weight is 510 g/mol. The second kappa shape index (κ2) is 11.3. The van der Waals surface area contributed by atoms with Crippen LogP contribution in [0.25, 0.3) is 0 Å². The van der Waals surface area contributed by atoms with Crippen LogP contribution < -0.4 is 10.6 Å². The van der Waals surface area contributed by atoms with Crippen LogP contribution in [-0.4, -0.2) is 63.1 Å². The summed E-state index contributed by atoms with van der Waals surface area (Å²) >= 11 is 1.46. The van der Waals surface area contributed by atoms with Gasteiger partial charge in [-0.1, -0.05) is 26.8 Å². The summed E-state index contributed by atoms with van der Waals surface area (Å²) in [5.41, 5.74) is 0.197. The first-order valence-electron chi connectivity index (χ1n) is 11.3. The van der Waals surface area contributed by atoms with Crippen LogP contribution >= 0.6 is 11.3 Å². The number of nitrogens with zero attached hydrogens (tertiary/aromatic N) is 1. The van der Waals surface area contributed by atoms with Gasteiger partial charge in [0, 0.05) is 29.5 Å². The van der Waals surface area contributed by atoms with Crippen molar-refractivity contribution in [3.63, 3.8) is 0 Å². The zero-order chi connectivity index (χ0) is 24.9. The Bertz CT molecular complexity index is 989. The molecule has 1 aromatic heterocycles. The topological polar surface area (TPSA) is 122 Å². The second-order valence-corrected chi connectivity index (χ2v) is 11.6. The molecule has 3 rings (SSSR count). The molecule has 1 fully saturated rings. The second-order valence-electron chi connectivity index (χ2n) is 9.02. The summed E-state index contributed by atoms with van der Waals surface area (Å²) in [4.78, 5) is 51.0. The number of Topliss-reactive ketones (excluding diaryl/α,β-unsaturated/α-hetero) is 1. The van der Waals surface area contributed by atoms with E-state index in [2.05, 4.69) is 10.6 Å². The lowest BCUT2D eigenvalue weighted by molar-refractivity contribution is -0.145. The average Bonchev–Trinajstić information content (AvgIpc) is 3.31. The first-order chi connectivity index (χ1) is 16.1. The van der Waals surface area contributed by atoms with Crippen molar-refractivity contribution < 1.29 is 28.1 Å². The lowest BCUT2D eigenvalue weighted by atomic mass is 9.83. The minimum atomic E-state index is -1.43. The van der Waals surface area contributed by atoms with E-state index in [1.807, 2.05) is 38.3 Å². The quantitative estimate of drug-likeness (QED) is 0.348. The number of β-lactam (4-membered cyclic amide) rings is 1. The maximum Gasteiger partial charge on any atom is 0.407 e. The molecule has 0 saturated carbocycles. The van der Waals surface area contributed by atoms with Gasteiger partial charge in [-0.05, 0) is 29.9 Å². The van der Waals surface area contributed by atoms with Gasteiger partial charge in [0.05, 0.1) is 23.0 Å². The number of carbonyl (C=O) groups is 4. The highest BCUT2D eigenvalue weighted by Crippen LogP contribution is 2.30. The number of nitrogens with one attached hydrogen (secondary N) is 2. The molecule has 1 saturated heterocycles. The molecule has 0 aliphatic carbocycles. The minimum Gasteiger partial charge on any atom is -0.445 e. The molecule has 0 radical (unpaired) electrons. The first-order valence-corrected chi connectivity index (χ1v) is 13.5. The SMILES string of the molecule is CCC(C)(C)C(=O)CCCNC(=O)OCC1=CN2C(=O)C(NC(=O)Cc3cccs3)C2S(=O)C1. The van der Waals surface area contributed by atoms with Crippen molar-refractivity contribution in [2.75, 3.05) is 18.9 Å². The van der Waals surface area contributed by atoms with Crippen LogP contribution in [0.4, 0.5) is 4.79 Å². The molecule has 11 heteroatoms. The highest BCUT2D eigenvalue weighted by atomic mass is 32.2. The number of thiophene rings is 1. The zero-order valence-electron chi connectivity index (χ0n) is 19.6. The van der Waals surface area contributed by atoms with Gasteiger partial charge in [0.1, 0.15) is 23.8 Å². The largest absolute Gasteiger partial charge is 0.445 e. The van der Waals surface area contributed by atoms with Crippen LogP contribution in [0.1, 0.15) is 44.9 Å². The highest BCUT2D eigenvalue weighted by Gasteiger charge is 2.52. The van der Waals surface area contributed by atoms with E-state index in [-0.39, 0.29) is 41.8 Å². The molecule has 3 atom stereocenters. The Kier molecular flexibility index (Phi) is 8.64. The number of hydrogen-bond acceptors (Lipinski definition) is 7. The molecule has 3 amide bonds. The summed E-state index contributed by atoms with van der Waals surface area (Å²) in [6, 6.07) is 2.88. The van der Waals surface area contributed by atoms with E-state index < -0.39 is 28.3 Å². The summed E-state index contributed by atoms with van der Waals surface area (Å²) < 4.78 is 17.9. The number of ether oxygens (including phenoxy) is 1. The van der Waals surface area contributed by atoms with Crippen LogP contribution in [0.5, 0.6) is 0 Å². The number of rotatable bonds is 11. The van der Waals surface area contributed by atoms with Gasteiger partial charge in [0.15, 0.2) is 0 Å². The van der Waals surface area contributed by atoms with E-state index in [0.29, 0.717) is 25.0 Å². The lowest BCUT2D eigenvalue weighted by Crippen LogP contribution is -2.71. The molecule has 34 heavy (non-hydrogen) atoms. The summed E-state index contributed by atoms with van der Waals surface area (Å²) in [5, 5.41) is 6.55. The standard InChI is InChI=1S/C23H31N3O6S2/c1-4-23(2,3)17(27)8-5-9-24-22(30)32-13-15-12-26-20(29)19(21(26)34(31)14-15)25-18(28)11-16-7-6-10-33-16/h6-7,10,12,19,21H,4-5,8-9,11,13-14H2,1-3H3,(H,24,30)(H,25,28). The fourth-order valence-electron chi connectivity index (χ4n) is 3.60. The first kappa shape index (κ1) is 26.1. The maximum atomic E-state index is 12.7. The van der Waals surface area contributed by atoms with Crippen molar-refractivity contribution in [3.05, 3.63) is 34.2 Å². The van der Waals surface area contributed by atoms with Crippen molar-refractivity contribution in [1.29, 1.82) is 0 Å². The Hall–Kier alpha value is -2.53. The van der Waals surface area contributed by atoms with Gasteiger partial charge >= 0.3 is 6.09 Å². The fraction of sp³-hybridized carbons (Fsp3) is 0.565. The monoisotopic (exact) mass is 509 g/mol. The number of hydrogen-bond donors (Lipinski definition) is 2. The Morgan fingerprint density at radius 3 is 2.76 bits per heavy atom. The van der Waals surface area contributed by atoms with Crippen molar-refractivity contribution in [2.45, 2.75) is 57.9 Å². The van der Waals surface area contributed by atoms with E-state index in [0.717, 1.165) is 11.3 Å². The van der Waals surface area contributed by atoms with Gasteiger partial charge in [0.25, 0.3) is 5.91 Å². The number of amides is 3.